The molecule has 2 aromatic rings. The summed E-state index contributed by atoms with van der Waals surface area (Å²) in [4.78, 5) is 29.7. The molecule has 8 nitrogen and oxygen atoms in total. The molecule has 1 aliphatic rings. The predicted octanol–water partition coefficient (Wildman–Crippen LogP) is 1.12. The van der Waals surface area contributed by atoms with Gasteiger partial charge in [0.25, 0.3) is 5.56 Å². The second-order valence-corrected chi connectivity index (χ2v) is 6.48. The third-order valence-corrected chi connectivity index (χ3v) is 4.62. The molecule has 2 aromatic heterocycles. The fraction of sp³-hybridized carbons (Fsp3) is 0.474. The van der Waals surface area contributed by atoms with Crippen LogP contribution in [0, 0.1) is 0 Å². The molecule has 0 spiro atoms. The van der Waals surface area contributed by atoms with E-state index in [1.54, 1.807) is 24.0 Å². The van der Waals surface area contributed by atoms with Crippen LogP contribution < -0.4 is 15.8 Å². The highest BCUT2D eigenvalue weighted by Crippen LogP contribution is 2.09. The fourth-order valence-electron chi connectivity index (χ4n) is 3.10. The molecule has 0 atom stereocenters. The third-order valence-electron chi connectivity index (χ3n) is 4.62. The van der Waals surface area contributed by atoms with Crippen molar-refractivity contribution in [2.24, 2.45) is 12.0 Å². The zero-order valence-electron chi connectivity index (χ0n) is 16.4. The van der Waals surface area contributed by atoms with Gasteiger partial charge >= 0.3 is 0 Å². The van der Waals surface area contributed by atoms with Crippen molar-refractivity contribution in [3.63, 3.8) is 0 Å². The van der Waals surface area contributed by atoms with E-state index in [0.29, 0.717) is 5.82 Å². The van der Waals surface area contributed by atoms with Gasteiger partial charge in [-0.05, 0) is 31.0 Å². The number of guanidine groups is 1. The van der Waals surface area contributed by atoms with Crippen LogP contribution in [0.3, 0.4) is 0 Å². The first-order valence-corrected chi connectivity index (χ1v) is 9.37. The summed E-state index contributed by atoms with van der Waals surface area (Å²) in [5.41, 5.74) is 1.18. The van der Waals surface area contributed by atoms with Gasteiger partial charge in [-0.15, -0.1) is 24.0 Å². The highest BCUT2D eigenvalue weighted by atomic mass is 127. The Kier molecular flexibility index (Phi) is 8.68. The summed E-state index contributed by atoms with van der Waals surface area (Å²) in [5, 5.41) is 3.38. The van der Waals surface area contributed by atoms with E-state index in [9.17, 15) is 4.79 Å². The van der Waals surface area contributed by atoms with Gasteiger partial charge in [-0.1, -0.05) is 0 Å². The number of hydrogen-bond acceptors (Lipinski definition) is 5. The number of pyridine rings is 1. The molecule has 0 radical (unpaired) electrons. The Morgan fingerprint density at radius 2 is 1.89 bits per heavy atom. The minimum atomic E-state index is -0.0520. The Hall–Kier alpha value is -2.17. The number of halogens is 1. The molecular weight excluding hydrogens is 469 g/mol. The van der Waals surface area contributed by atoms with Crippen molar-refractivity contribution >= 4 is 35.8 Å². The lowest BCUT2D eigenvalue weighted by atomic mass is 10.2. The number of hydrogen-bond donors (Lipinski definition) is 1. The Labute approximate surface area is 182 Å². The van der Waals surface area contributed by atoms with E-state index in [2.05, 4.69) is 32.0 Å². The average molecular weight is 497 g/mol. The molecular formula is C19H28IN7O. The second-order valence-electron chi connectivity index (χ2n) is 6.48. The number of aliphatic imine (C=N–C) groups is 1. The molecule has 0 amide bonds. The molecule has 0 bridgehead atoms. The second kappa shape index (κ2) is 11.0. The number of rotatable bonds is 5. The first-order valence-electron chi connectivity index (χ1n) is 9.37. The topological polar surface area (TPSA) is 78.7 Å². The van der Waals surface area contributed by atoms with E-state index in [4.69, 9.17) is 4.99 Å². The van der Waals surface area contributed by atoms with Gasteiger partial charge in [0.05, 0.1) is 0 Å². The highest BCUT2D eigenvalue weighted by molar-refractivity contribution is 14.0. The normalized spacial score (nSPS) is 14.6. The quantitative estimate of drug-likeness (QED) is 0.379. The minimum Gasteiger partial charge on any atom is -0.357 e. The predicted molar refractivity (Wildman–Crippen MR) is 123 cm³/mol. The zero-order valence-corrected chi connectivity index (χ0v) is 18.7. The number of nitrogens with zero attached hydrogens (tertiary/aromatic N) is 6. The van der Waals surface area contributed by atoms with E-state index < -0.39 is 0 Å². The van der Waals surface area contributed by atoms with Gasteiger partial charge in [0.2, 0.25) is 0 Å². The van der Waals surface area contributed by atoms with Crippen molar-refractivity contribution in [3.05, 3.63) is 52.8 Å². The number of aryl methyl sites for hydroxylation is 1. The lowest BCUT2D eigenvalue weighted by Crippen LogP contribution is -2.53. The van der Waals surface area contributed by atoms with E-state index in [-0.39, 0.29) is 29.5 Å². The molecule has 9 heteroatoms. The summed E-state index contributed by atoms with van der Waals surface area (Å²) in [7, 11) is 1.75. The van der Waals surface area contributed by atoms with Crippen LogP contribution in [0.1, 0.15) is 12.5 Å². The third kappa shape index (κ3) is 5.66. The standard InChI is InChI=1S/C19H27N7O.HI/c1-3-21-19(23-9-6-16-4-7-20-8-5-16)26-14-12-25(13-15-26)17-18(27)24(2)11-10-22-17;/h4-5,7-8,10-11H,3,6,9,12-15H2,1-2H3,(H,21,23);1H. The lowest BCUT2D eigenvalue weighted by Gasteiger charge is -2.36. The molecule has 0 unspecified atom stereocenters. The Morgan fingerprint density at radius 1 is 1.18 bits per heavy atom. The maximum absolute atomic E-state index is 12.3. The monoisotopic (exact) mass is 497 g/mol. The molecule has 1 aliphatic heterocycles. The molecule has 1 fully saturated rings. The van der Waals surface area contributed by atoms with Crippen molar-refractivity contribution in [1.82, 2.24) is 24.8 Å². The summed E-state index contributed by atoms with van der Waals surface area (Å²) in [6.45, 7) is 6.75. The SMILES string of the molecule is CCNC(=NCCc1ccncc1)N1CCN(c2nccn(C)c2=O)CC1.I. The number of piperazine rings is 1. The Bertz CT molecular complexity index is 817. The Balaban J connectivity index is 0.00000280. The number of anilines is 1. The van der Waals surface area contributed by atoms with Crippen molar-refractivity contribution in [1.29, 1.82) is 0 Å². The fourth-order valence-corrected chi connectivity index (χ4v) is 3.10. The van der Waals surface area contributed by atoms with Gasteiger partial charge in [0.1, 0.15) is 0 Å². The van der Waals surface area contributed by atoms with Crippen LogP contribution in [0.2, 0.25) is 0 Å². The van der Waals surface area contributed by atoms with Crippen LogP contribution in [0.5, 0.6) is 0 Å². The summed E-state index contributed by atoms with van der Waals surface area (Å²) in [6, 6.07) is 4.04. The summed E-state index contributed by atoms with van der Waals surface area (Å²) in [5.74, 6) is 1.46. The summed E-state index contributed by atoms with van der Waals surface area (Å²) in [6.07, 6.45) is 7.87. The van der Waals surface area contributed by atoms with Crippen molar-refractivity contribution in [3.8, 4) is 0 Å². The largest absolute Gasteiger partial charge is 0.357 e. The van der Waals surface area contributed by atoms with Crippen LogP contribution in [-0.2, 0) is 13.5 Å². The molecule has 0 aliphatic carbocycles. The molecule has 3 heterocycles. The smallest absolute Gasteiger partial charge is 0.293 e. The van der Waals surface area contributed by atoms with Crippen LogP contribution in [0.15, 0.2) is 46.7 Å². The first-order chi connectivity index (χ1) is 13.2. The van der Waals surface area contributed by atoms with Crippen LogP contribution in [0.4, 0.5) is 5.82 Å². The highest BCUT2D eigenvalue weighted by Gasteiger charge is 2.22. The minimum absolute atomic E-state index is 0. The van der Waals surface area contributed by atoms with Crippen LogP contribution in [0.25, 0.3) is 0 Å². The molecule has 1 saturated heterocycles. The van der Waals surface area contributed by atoms with Crippen LogP contribution in [-0.4, -0.2) is 64.7 Å². The van der Waals surface area contributed by atoms with E-state index in [1.165, 1.54) is 5.56 Å². The molecule has 1 N–H and O–H groups in total. The molecule has 152 valence electrons. The van der Waals surface area contributed by atoms with E-state index in [0.717, 1.165) is 51.6 Å². The van der Waals surface area contributed by atoms with E-state index >= 15 is 0 Å². The van der Waals surface area contributed by atoms with Crippen molar-refractivity contribution in [2.75, 3.05) is 44.2 Å². The first kappa shape index (κ1) is 22.1. The Morgan fingerprint density at radius 3 is 2.57 bits per heavy atom. The van der Waals surface area contributed by atoms with Gasteiger partial charge in [0.15, 0.2) is 11.8 Å². The van der Waals surface area contributed by atoms with Crippen molar-refractivity contribution < 1.29 is 0 Å². The van der Waals surface area contributed by atoms with Gasteiger partial charge in [-0.2, -0.15) is 0 Å². The van der Waals surface area contributed by atoms with Crippen molar-refractivity contribution in [2.45, 2.75) is 13.3 Å². The van der Waals surface area contributed by atoms with Gasteiger partial charge in [0, 0.05) is 71.1 Å². The number of aromatic nitrogens is 3. The maximum Gasteiger partial charge on any atom is 0.293 e. The molecule has 0 aromatic carbocycles. The van der Waals surface area contributed by atoms with Gasteiger partial charge in [-0.3, -0.25) is 14.8 Å². The summed E-state index contributed by atoms with van der Waals surface area (Å²) >= 11 is 0. The van der Waals surface area contributed by atoms with Gasteiger partial charge < -0.3 is 19.7 Å². The number of nitrogens with one attached hydrogen (secondary N) is 1. The lowest BCUT2D eigenvalue weighted by molar-refractivity contribution is 0.371. The zero-order chi connectivity index (χ0) is 19.1. The molecule has 3 rings (SSSR count). The maximum atomic E-state index is 12.3. The van der Waals surface area contributed by atoms with E-state index in [1.807, 2.05) is 24.5 Å². The summed E-state index contributed by atoms with van der Waals surface area (Å²) < 4.78 is 1.57. The van der Waals surface area contributed by atoms with Gasteiger partial charge in [-0.25, -0.2) is 4.98 Å². The molecule has 28 heavy (non-hydrogen) atoms. The average Bonchev–Trinajstić information content (AvgIpc) is 2.70. The van der Waals surface area contributed by atoms with Crippen LogP contribution >= 0.6 is 24.0 Å². The molecule has 0 saturated carbocycles.